The normalized spacial score (nSPS) is 11.2. The van der Waals surface area contributed by atoms with E-state index >= 15 is 0 Å². The molecule has 18 heavy (non-hydrogen) atoms. The third-order valence-corrected chi connectivity index (χ3v) is 3.79. The van der Waals surface area contributed by atoms with Crippen LogP contribution in [0.25, 0.3) is 11.3 Å². The van der Waals surface area contributed by atoms with E-state index in [1.807, 2.05) is 18.7 Å². The second-order valence-electron chi connectivity index (χ2n) is 4.57. The van der Waals surface area contributed by atoms with Gasteiger partial charge in [0.1, 0.15) is 0 Å². The lowest BCUT2D eigenvalue weighted by Crippen LogP contribution is -1.98. The van der Waals surface area contributed by atoms with Crippen molar-refractivity contribution >= 4 is 11.8 Å². The van der Waals surface area contributed by atoms with Crippen molar-refractivity contribution in [1.29, 1.82) is 0 Å². The molecule has 3 N–H and O–H groups in total. The number of nitrogens with zero attached hydrogens (tertiary/aromatic N) is 1. The number of thioether (sulfide) groups is 1. The number of aromatic amines is 1. The second-order valence-corrected chi connectivity index (χ2v) is 6.22. The average Bonchev–Trinajstić information content (AvgIpc) is 2.70. The van der Waals surface area contributed by atoms with Gasteiger partial charge in [-0.3, -0.25) is 5.10 Å². The van der Waals surface area contributed by atoms with Gasteiger partial charge in [-0.05, 0) is 19.1 Å². The third kappa shape index (κ3) is 2.76. The molecule has 0 aliphatic heterocycles. The minimum Gasteiger partial charge on any atom is -0.326 e. The van der Waals surface area contributed by atoms with Crippen LogP contribution in [0.15, 0.2) is 29.2 Å². The zero-order chi connectivity index (χ0) is 13.1. The highest BCUT2D eigenvalue weighted by Gasteiger charge is 2.10. The van der Waals surface area contributed by atoms with Crippen LogP contribution in [0.2, 0.25) is 0 Å². The molecule has 0 atom stereocenters. The van der Waals surface area contributed by atoms with Crippen LogP contribution in [0, 0.1) is 6.92 Å². The van der Waals surface area contributed by atoms with Crippen LogP contribution >= 0.6 is 11.8 Å². The van der Waals surface area contributed by atoms with Gasteiger partial charge in [0.25, 0.3) is 0 Å². The highest BCUT2D eigenvalue weighted by Crippen LogP contribution is 2.28. The number of hydrogen-bond acceptors (Lipinski definition) is 3. The number of H-pyrrole nitrogens is 1. The minimum absolute atomic E-state index is 0.514. The molecule has 0 spiro atoms. The van der Waals surface area contributed by atoms with Gasteiger partial charge in [-0.2, -0.15) is 5.10 Å². The van der Waals surface area contributed by atoms with Gasteiger partial charge >= 0.3 is 0 Å². The Morgan fingerprint density at radius 3 is 2.50 bits per heavy atom. The Kier molecular flexibility index (Phi) is 4.09. The minimum atomic E-state index is 0.514. The van der Waals surface area contributed by atoms with Gasteiger partial charge in [-0.1, -0.05) is 26.0 Å². The van der Waals surface area contributed by atoms with Crippen LogP contribution in [0.4, 0.5) is 0 Å². The Morgan fingerprint density at radius 1 is 1.28 bits per heavy atom. The zero-order valence-corrected chi connectivity index (χ0v) is 11.8. The molecule has 0 unspecified atom stereocenters. The summed E-state index contributed by atoms with van der Waals surface area (Å²) in [6, 6.07) is 8.51. The van der Waals surface area contributed by atoms with Gasteiger partial charge in [0.2, 0.25) is 0 Å². The van der Waals surface area contributed by atoms with Crippen LogP contribution in [-0.2, 0) is 6.54 Å². The van der Waals surface area contributed by atoms with E-state index in [-0.39, 0.29) is 0 Å². The van der Waals surface area contributed by atoms with E-state index in [2.05, 4.69) is 48.3 Å². The smallest absolute Gasteiger partial charge is 0.0968 e. The van der Waals surface area contributed by atoms with E-state index in [0.29, 0.717) is 11.8 Å². The summed E-state index contributed by atoms with van der Waals surface area (Å²) in [5.41, 5.74) is 10.00. The Morgan fingerprint density at radius 2 is 1.94 bits per heavy atom. The molecule has 1 heterocycles. The van der Waals surface area contributed by atoms with Crippen molar-refractivity contribution in [2.45, 2.75) is 37.5 Å². The number of benzene rings is 1. The van der Waals surface area contributed by atoms with Gasteiger partial charge in [0.05, 0.1) is 5.69 Å². The van der Waals surface area contributed by atoms with Crippen molar-refractivity contribution in [3.63, 3.8) is 0 Å². The molecule has 3 nitrogen and oxygen atoms in total. The lowest BCUT2D eigenvalue weighted by molar-refractivity contribution is 1.03. The van der Waals surface area contributed by atoms with Gasteiger partial charge in [0.15, 0.2) is 0 Å². The summed E-state index contributed by atoms with van der Waals surface area (Å²) < 4.78 is 0. The van der Waals surface area contributed by atoms with E-state index in [1.54, 1.807) is 0 Å². The van der Waals surface area contributed by atoms with Crippen LogP contribution in [0.1, 0.15) is 25.1 Å². The number of aryl methyl sites for hydroxylation is 1. The number of rotatable bonds is 4. The fourth-order valence-corrected chi connectivity index (χ4v) is 2.74. The summed E-state index contributed by atoms with van der Waals surface area (Å²) in [5.74, 6) is 0. The van der Waals surface area contributed by atoms with Crippen molar-refractivity contribution in [2.75, 3.05) is 0 Å². The monoisotopic (exact) mass is 261 g/mol. The first-order valence-electron chi connectivity index (χ1n) is 6.12. The first-order valence-corrected chi connectivity index (χ1v) is 7.00. The fraction of sp³-hybridized carbons (Fsp3) is 0.357. The van der Waals surface area contributed by atoms with E-state index in [1.165, 1.54) is 4.90 Å². The number of hydrogen-bond donors (Lipinski definition) is 2. The van der Waals surface area contributed by atoms with Gasteiger partial charge in [0, 0.05) is 33.5 Å². The summed E-state index contributed by atoms with van der Waals surface area (Å²) in [5, 5.41) is 7.93. The van der Waals surface area contributed by atoms with Crippen LogP contribution < -0.4 is 5.73 Å². The van der Waals surface area contributed by atoms with Crippen molar-refractivity contribution in [3.05, 3.63) is 35.5 Å². The molecule has 96 valence electrons. The van der Waals surface area contributed by atoms with E-state index in [4.69, 9.17) is 5.73 Å². The molecule has 0 bridgehead atoms. The molecule has 2 rings (SSSR count). The Labute approximate surface area is 112 Å². The lowest BCUT2D eigenvalue weighted by atomic mass is 10.1. The van der Waals surface area contributed by atoms with E-state index in [0.717, 1.165) is 22.5 Å². The Hall–Kier alpha value is -1.26. The lowest BCUT2D eigenvalue weighted by Gasteiger charge is -2.06. The molecule has 1 aromatic carbocycles. The van der Waals surface area contributed by atoms with Crippen LogP contribution in [0.5, 0.6) is 0 Å². The molecule has 0 aliphatic rings. The molecule has 0 amide bonds. The standard InChI is InChI=1S/C14H19N3S/c1-9(2)18-12-6-4-11(5-7-12)14-13(8-15)10(3)16-17-14/h4-7,9H,8,15H2,1-3H3,(H,16,17). The third-order valence-electron chi connectivity index (χ3n) is 2.78. The quantitative estimate of drug-likeness (QED) is 0.830. The van der Waals surface area contributed by atoms with Crippen molar-refractivity contribution in [1.82, 2.24) is 10.2 Å². The summed E-state index contributed by atoms with van der Waals surface area (Å²) in [6.07, 6.45) is 0. The van der Waals surface area contributed by atoms with Gasteiger partial charge in [-0.15, -0.1) is 11.8 Å². The van der Waals surface area contributed by atoms with Crippen molar-refractivity contribution in [2.24, 2.45) is 5.73 Å². The summed E-state index contributed by atoms with van der Waals surface area (Å²) >= 11 is 1.86. The number of nitrogens with one attached hydrogen (secondary N) is 1. The van der Waals surface area contributed by atoms with Gasteiger partial charge < -0.3 is 5.73 Å². The predicted molar refractivity (Wildman–Crippen MR) is 77.6 cm³/mol. The maximum absolute atomic E-state index is 5.76. The maximum atomic E-state index is 5.76. The first-order chi connectivity index (χ1) is 8.61. The largest absolute Gasteiger partial charge is 0.326 e. The first kappa shape index (κ1) is 13.2. The number of nitrogens with two attached hydrogens (primary N) is 1. The van der Waals surface area contributed by atoms with Crippen LogP contribution in [0.3, 0.4) is 0 Å². The molecule has 0 saturated carbocycles. The molecular formula is C14H19N3S. The summed E-state index contributed by atoms with van der Waals surface area (Å²) in [6.45, 7) is 6.91. The molecule has 0 saturated heterocycles. The maximum Gasteiger partial charge on any atom is 0.0968 e. The van der Waals surface area contributed by atoms with Crippen molar-refractivity contribution < 1.29 is 0 Å². The second kappa shape index (κ2) is 5.59. The van der Waals surface area contributed by atoms with E-state index < -0.39 is 0 Å². The summed E-state index contributed by atoms with van der Waals surface area (Å²) in [7, 11) is 0. The fourth-order valence-electron chi connectivity index (χ4n) is 1.90. The zero-order valence-electron chi connectivity index (χ0n) is 11.0. The molecule has 0 radical (unpaired) electrons. The van der Waals surface area contributed by atoms with E-state index in [9.17, 15) is 0 Å². The van der Waals surface area contributed by atoms with Crippen molar-refractivity contribution in [3.8, 4) is 11.3 Å². The molecule has 2 aromatic rings. The predicted octanol–water partition coefficient (Wildman–Crippen LogP) is 3.34. The Bertz CT molecular complexity index is 514. The SMILES string of the molecule is Cc1[nH]nc(-c2ccc(SC(C)C)cc2)c1CN. The molecular weight excluding hydrogens is 242 g/mol. The molecule has 4 heteroatoms. The molecule has 0 fully saturated rings. The highest BCUT2D eigenvalue weighted by molar-refractivity contribution is 7.99. The van der Waals surface area contributed by atoms with Gasteiger partial charge in [-0.25, -0.2) is 0 Å². The molecule has 1 aromatic heterocycles. The highest BCUT2D eigenvalue weighted by atomic mass is 32.2. The van der Waals surface area contributed by atoms with Crippen LogP contribution in [-0.4, -0.2) is 15.4 Å². The Balaban J connectivity index is 2.28. The summed E-state index contributed by atoms with van der Waals surface area (Å²) in [4.78, 5) is 1.29. The molecule has 0 aliphatic carbocycles. The average molecular weight is 261 g/mol. The topological polar surface area (TPSA) is 54.7 Å². The number of aromatic nitrogens is 2.